The fourth-order valence-corrected chi connectivity index (χ4v) is 1.85. The zero-order valence-corrected chi connectivity index (χ0v) is 7.93. The van der Waals surface area contributed by atoms with Crippen LogP contribution < -0.4 is 0 Å². The number of fused-ring (bicyclic) bond motifs is 1. The summed E-state index contributed by atoms with van der Waals surface area (Å²) < 4.78 is 18.9. The lowest BCUT2D eigenvalue weighted by molar-refractivity contribution is 0.0543. The lowest BCUT2D eigenvalue weighted by Gasteiger charge is -2.23. The van der Waals surface area contributed by atoms with Crippen molar-refractivity contribution < 1.29 is 9.13 Å². The predicted molar refractivity (Wildman–Crippen MR) is 49.2 cm³/mol. The number of aryl methyl sites for hydroxylation is 1. The van der Waals surface area contributed by atoms with Crippen molar-refractivity contribution in [3.63, 3.8) is 0 Å². The molecule has 1 atom stereocenters. The van der Waals surface area contributed by atoms with Crippen LogP contribution in [0.2, 0.25) is 0 Å². The average Bonchev–Trinajstić information content (AvgIpc) is 2.07. The third-order valence-corrected chi connectivity index (χ3v) is 2.53. The van der Waals surface area contributed by atoms with Crippen molar-refractivity contribution in [2.75, 3.05) is 6.61 Å². The van der Waals surface area contributed by atoms with Crippen molar-refractivity contribution >= 4 is 0 Å². The van der Waals surface area contributed by atoms with Gasteiger partial charge in [0.2, 0.25) is 0 Å². The van der Waals surface area contributed by atoms with E-state index in [1.807, 2.05) is 19.9 Å². The first-order chi connectivity index (χ1) is 6.18. The van der Waals surface area contributed by atoms with E-state index in [9.17, 15) is 4.39 Å². The van der Waals surface area contributed by atoms with E-state index in [1.54, 1.807) is 6.07 Å². The fourth-order valence-electron chi connectivity index (χ4n) is 1.85. The van der Waals surface area contributed by atoms with Gasteiger partial charge in [0, 0.05) is 0 Å². The first-order valence-corrected chi connectivity index (χ1v) is 4.59. The molecule has 0 fully saturated rings. The van der Waals surface area contributed by atoms with Crippen LogP contribution in [0.3, 0.4) is 0 Å². The molecule has 1 aromatic carbocycles. The minimum absolute atomic E-state index is 0.0400. The second-order valence-electron chi connectivity index (χ2n) is 3.58. The third-order valence-electron chi connectivity index (χ3n) is 2.53. The molecule has 1 unspecified atom stereocenters. The molecular weight excluding hydrogens is 167 g/mol. The van der Waals surface area contributed by atoms with Crippen molar-refractivity contribution in [3.05, 3.63) is 34.6 Å². The van der Waals surface area contributed by atoms with Crippen LogP contribution in [0.25, 0.3) is 0 Å². The van der Waals surface area contributed by atoms with E-state index >= 15 is 0 Å². The van der Waals surface area contributed by atoms with Crippen LogP contribution in [0.15, 0.2) is 12.1 Å². The molecule has 0 aromatic heterocycles. The van der Waals surface area contributed by atoms with Crippen LogP contribution >= 0.6 is 0 Å². The largest absolute Gasteiger partial charge is 0.373 e. The van der Waals surface area contributed by atoms with Gasteiger partial charge in [0.05, 0.1) is 12.7 Å². The fraction of sp³-hybridized carbons (Fsp3) is 0.455. The average molecular weight is 180 g/mol. The summed E-state index contributed by atoms with van der Waals surface area (Å²) >= 11 is 0. The van der Waals surface area contributed by atoms with Crippen molar-refractivity contribution in [1.29, 1.82) is 0 Å². The summed E-state index contributed by atoms with van der Waals surface area (Å²) in [5.74, 6) is -0.0786. The molecule has 0 radical (unpaired) electrons. The quantitative estimate of drug-likeness (QED) is 0.596. The minimum Gasteiger partial charge on any atom is -0.373 e. The van der Waals surface area contributed by atoms with Crippen molar-refractivity contribution in [1.82, 2.24) is 0 Å². The highest BCUT2D eigenvalue weighted by molar-refractivity contribution is 5.35. The molecule has 1 aromatic rings. The maximum absolute atomic E-state index is 13.4. The molecule has 2 rings (SSSR count). The van der Waals surface area contributed by atoms with Gasteiger partial charge in [0.15, 0.2) is 0 Å². The number of hydrogen-bond donors (Lipinski definition) is 0. The molecule has 1 aliphatic heterocycles. The van der Waals surface area contributed by atoms with E-state index in [4.69, 9.17) is 4.74 Å². The summed E-state index contributed by atoms with van der Waals surface area (Å²) in [6, 6.07) is 3.61. The Balaban J connectivity index is 2.56. The third kappa shape index (κ3) is 1.46. The van der Waals surface area contributed by atoms with E-state index < -0.39 is 0 Å². The van der Waals surface area contributed by atoms with Gasteiger partial charge in [0.1, 0.15) is 5.82 Å². The van der Waals surface area contributed by atoms with Gasteiger partial charge >= 0.3 is 0 Å². The maximum Gasteiger partial charge on any atom is 0.127 e. The number of ether oxygens (including phenoxy) is 1. The lowest BCUT2D eigenvalue weighted by Crippen LogP contribution is -2.15. The molecule has 0 saturated heterocycles. The van der Waals surface area contributed by atoms with Gasteiger partial charge in [-0.3, -0.25) is 0 Å². The topological polar surface area (TPSA) is 9.23 Å². The molecule has 0 amide bonds. The smallest absolute Gasteiger partial charge is 0.127 e. The minimum atomic E-state index is -0.0786. The van der Waals surface area contributed by atoms with E-state index in [0.717, 1.165) is 16.7 Å². The molecule has 0 N–H and O–H groups in total. The molecule has 0 aliphatic carbocycles. The Bertz CT molecular complexity index is 333. The van der Waals surface area contributed by atoms with Crippen LogP contribution in [0.1, 0.15) is 29.7 Å². The summed E-state index contributed by atoms with van der Waals surface area (Å²) in [7, 11) is 0. The highest BCUT2D eigenvalue weighted by Gasteiger charge is 2.19. The molecule has 0 saturated carbocycles. The SMILES string of the molecule is Cc1cc(F)c2c(c1)C(C)OCC2. The zero-order chi connectivity index (χ0) is 9.42. The first-order valence-electron chi connectivity index (χ1n) is 4.59. The Morgan fingerprint density at radius 3 is 3.00 bits per heavy atom. The van der Waals surface area contributed by atoms with Gasteiger partial charge in [0.25, 0.3) is 0 Å². The normalized spacial score (nSPS) is 21.3. The van der Waals surface area contributed by atoms with E-state index in [1.165, 1.54) is 0 Å². The highest BCUT2D eigenvalue weighted by Crippen LogP contribution is 2.29. The molecule has 70 valence electrons. The number of benzene rings is 1. The van der Waals surface area contributed by atoms with Crippen LogP contribution in [0.5, 0.6) is 0 Å². The molecule has 1 nitrogen and oxygen atoms in total. The maximum atomic E-state index is 13.4. The van der Waals surface area contributed by atoms with E-state index in [2.05, 4.69) is 0 Å². The Morgan fingerprint density at radius 2 is 2.23 bits per heavy atom. The van der Waals surface area contributed by atoms with Crippen LogP contribution in [-0.2, 0) is 11.2 Å². The standard InChI is InChI=1S/C11H13FO/c1-7-5-10-8(2)13-4-3-9(10)11(12)6-7/h5-6,8H,3-4H2,1-2H3. The summed E-state index contributed by atoms with van der Waals surface area (Å²) in [5, 5.41) is 0. The summed E-state index contributed by atoms with van der Waals surface area (Å²) in [5.41, 5.74) is 2.82. The summed E-state index contributed by atoms with van der Waals surface area (Å²) in [6.45, 7) is 4.51. The molecule has 0 bridgehead atoms. The second-order valence-corrected chi connectivity index (χ2v) is 3.58. The zero-order valence-electron chi connectivity index (χ0n) is 7.93. The van der Waals surface area contributed by atoms with Gasteiger partial charge < -0.3 is 4.74 Å². The Hall–Kier alpha value is -0.890. The van der Waals surface area contributed by atoms with E-state index in [-0.39, 0.29) is 11.9 Å². The van der Waals surface area contributed by atoms with E-state index in [0.29, 0.717) is 13.0 Å². The molecule has 0 spiro atoms. The van der Waals surface area contributed by atoms with Crippen molar-refractivity contribution in [3.8, 4) is 0 Å². The van der Waals surface area contributed by atoms with Gasteiger partial charge in [-0.15, -0.1) is 0 Å². The van der Waals surface area contributed by atoms with Crippen LogP contribution in [0.4, 0.5) is 4.39 Å². The number of halogens is 1. The predicted octanol–water partition coefficient (Wildman–Crippen LogP) is 2.77. The van der Waals surface area contributed by atoms with Crippen molar-refractivity contribution in [2.24, 2.45) is 0 Å². The Morgan fingerprint density at radius 1 is 1.46 bits per heavy atom. The van der Waals surface area contributed by atoms with Crippen LogP contribution in [0, 0.1) is 12.7 Å². The van der Waals surface area contributed by atoms with Gasteiger partial charge in [-0.25, -0.2) is 4.39 Å². The number of rotatable bonds is 0. The van der Waals surface area contributed by atoms with Gasteiger partial charge in [-0.05, 0) is 43.0 Å². The molecule has 2 heteroatoms. The van der Waals surface area contributed by atoms with Gasteiger partial charge in [-0.1, -0.05) is 6.07 Å². The summed E-state index contributed by atoms with van der Waals surface area (Å²) in [6.07, 6.45) is 0.740. The van der Waals surface area contributed by atoms with Gasteiger partial charge in [-0.2, -0.15) is 0 Å². The Kier molecular flexibility index (Phi) is 2.08. The summed E-state index contributed by atoms with van der Waals surface area (Å²) in [4.78, 5) is 0. The second kappa shape index (κ2) is 3.11. The monoisotopic (exact) mass is 180 g/mol. The first kappa shape index (κ1) is 8.70. The molecule has 13 heavy (non-hydrogen) atoms. The molecule has 1 aliphatic rings. The highest BCUT2D eigenvalue weighted by atomic mass is 19.1. The number of hydrogen-bond acceptors (Lipinski definition) is 1. The molecular formula is C11H13FO. The van der Waals surface area contributed by atoms with Crippen molar-refractivity contribution in [2.45, 2.75) is 26.4 Å². The molecule has 1 heterocycles. The van der Waals surface area contributed by atoms with Crippen LogP contribution in [-0.4, -0.2) is 6.61 Å². The Labute approximate surface area is 77.5 Å². The lowest BCUT2D eigenvalue weighted by atomic mass is 9.96.